The Bertz CT molecular complexity index is 1130. The standard InChI is InChI=1S/C20H13ClF2N4O/c21-16-8-2-7-15-17(16)26-18(12-4-3-9-24-11-12)27-19(15)25-13-5-1-6-14(10-13)28-20(22)23/h1-11,20H,(H,25,26,27). The van der Waals surface area contributed by atoms with Crippen LogP contribution in [0.2, 0.25) is 5.02 Å². The second-order valence-electron chi connectivity index (χ2n) is 5.80. The number of benzene rings is 2. The van der Waals surface area contributed by atoms with Crippen LogP contribution in [0.5, 0.6) is 5.75 Å². The van der Waals surface area contributed by atoms with Crippen molar-refractivity contribution in [3.63, 3.8) is 0 Å². The minimum atomic E-state index is -2.90. The SMILES string of the molecule is FC(F)Oc1cccc(Nc2nc(-c3cccnc3)nc3c(Cl)cccc23)c1. The molecule has 140 valence electrons. The van der Waals surface area contributed by atoms with Gasteiger partial charge in [0.2, 0.25) is 0 Å². The lowest BCUT2D eigenvalue weighted by Crippen LogP contribution is -2.03. The van der Waals surface area contributed by atoms with Crippen LogP contribution in [-0.4, -0.2) is 21.6 Å². The molecule has 0 saturated carbocycles. The first-order chi connectivity index (χ1) is 13.6. The van der Waals surface area contributed by atoms with Crippen molar-refractivity contribution in [2.75, 3.05) is 5.32 Å². The largest absolute Gasteiger partial charge is 0.435 e. The third kappa shape index (κ3) is 3.84. The van der Waals surface area contributed by atoms with Crippen molar-refractivity contribution in [3.05, 3.63) is 72.0 Å². The minimum Gasteiger partial charge on any atom is -0.435 e. The summed E-state index contributed by atoms with van der Waals surface area (Å²) in [6.45, 7) is -2.90. The third-order valence-corrected chi connectivity index (χ3v) is 4.22. The number of fused-ring (bicyclic) bond motifs is 1. The van der Waals surface area contributed by atoms with Gasteiger partial charge in [-0.15, -0.1) is 0 Å². The van der Waals surface area contributed by atoms with Gasteiger partial charge in [0.05, 0.1) is 10.5 Å². The molecule has 2 heterocycles. The van der Waals surface area contributed by atoms with Gasteiger partial charge in [0.15, 0.2) is 5.82 Å². The highest BCUT2D eigenvalue weighted by Crippen LogP contribution is 2.31. The summed E-state index contributed by atoms with van der Waals surface area (Å²) in [7, 11) is 0. The van der Waals surface area contributed by atoms with E-state index in [1.807, 2.05) is 12.1 Å². The molecule has 2 aromatic carbocycles. The van der Waals surface area contributed by atoms with E-state index in [9.17, 15) is 8.78 Å². The van der Waals surface area contributed by atoms with Crippen LogP contribution in [0.4, 0.5) is 20.3 Å². The molecule has 0 fully saturated rings. The van der Waals surface area contributed by atoms with Gasteiger partial charge in [0, 0.05) is 35.1 Å². The Labute approximate surface area is 164 Å². The van der Waals surface area contributed by atoms with E-state index in [-0.39, 0.29) is 5.75 Å². The average Bonchev–Trinajstić information content (AvgIpc) is 2.69. The molecule has 0 radical (unpaired) electrons. The number of halogens is 3. The lowest BCUT2D eigenvalue weighted by molar-refractivity contribution is -0.0497. The number of para-hydroxylation sites is 1. The molecule has 0 aliphatic rings. The van der Waals surface area contributed by atoms with Crippen LogP contribution in [0.15, 0.2) is 67.0 Å². The Morgan fingerprint density at radius 3 is 2.64 bits per heavy atom. The molecule has 28 heavy (non-hydrogen) atoms. The molecule has 0 aliphatic heterocycles. The normalized spacial score (nSPS) is 11.0. The maximum atomic E-state index is 12.5. The minimum absolute atomic E-state index is 0.0453. The van der Waals surface area contributed by atoms with E-state index < -0.39 is 6.61 Å². The zero-order chi connectivity index (χ0) is 19.5. The zero-order valence-corrected chi connectivity index (χ0v) is 15.1. The van der Waals surface area contributed by atoms with Crippen molar-refractivity contribution in [1.29, 1.82) is 0 Å². The van der Waals surface area contributed by atoms with E-state index in [1.54, 1.807) is 42.7 Å². The quantitative estimate of drug-likeness (QED) is 0.468. The second-order valence-corrected chi connectivity index (χ2v) is 6.21. The maximum absolute atomic E-state index is 12.5. The first-order valence-corrected chi connectivity index (χ1v) is 8.66. The molecule has 0 aliphatic carbocycles. The van der Waals surface area contributed by atoms with Crippen LogP contribution < -0.4 is 10.1 Å². The summed E-state index contributed by atoms with van der Waals surface area (Å²) in [6, 6.07) is 15.2. The Morgan fingerprint density at radius 1 is 1.00 bits per heavy atom. The predicted octanol–water partition coefficient (Wildman–Crippen LogP) is 5.69. The molecule has 8 heteroatoms. The summed E-state index contributed by atoms with van der Waals surface area (Å²) >= 11 is 6.34. The average molecular weight is 399 g/mol. The van der Waals surface area contributed by atoms with Gasteiger partial charge < -0.3 is 10.1 Å². The van der Waals surface area contributed by atoms with Crippen molar-refractivity contribution >= 4 is 34.0 Å². The molecular weight excluding hydrogens is 386 g/mol. The second kappa shape index (κ2) is 7.74. The van der Waals surface area contributed by atoms with Crippen LogP contribution in [0.1, 0.15) is 0 Å². The molecular formula is C20H13ClF2N4O. The van der Waals surface area contributed by atoms with Crippen LogP contribution >= 0.6 is 11.6 Å². The number of hydrogen-bond donors (Lipinski definition) is 1. The van der Waals surface area contributed by atoms with Crippen molar-refractivity contribution < 1.29 is 13.5 Å². The van der Waals surface area contributed by atoms with Crippen LogP contribution in [0.3, 0.4) is 0 Å². The van der Waals surface area contributed by atoms with Gasteiger partial charge >= 0.3 is 6.61 Å². The number of nitrogens with one attached hydrogen (secondary N) is 1. The molecule has 5 nitrogen and oxygen atoms in total. The number of rotatable bonds is 5. The number of anilines is 2. The lowest BCUT2D eigenvalue weighted by Gasteiger charge is -2.13. The zero-order valence-electron chi connectivity index (χ0n) is 14.3. The number of aromatic nitrogens is 3. The van der Waals surface area contributed by atoms with Gasteiger partial charge in [-0.3, -0.25) is 4.98 Å². The fourth-order valence-corrected chi connectivity index (χ4v) is 2.94. The Kier molecular flexibility index (Phi) is 4.99. The molecule has 0 saturated heterocycles. The molecule has 4 aromatic rings. The Balaban J connectivity index is 1.81. The highest BCUT2D eigenvalue weighted by atomic mass is 35.5. The topological polar surface area (TPSA) is 59.9 Å². The fraction of sp³-hybridized carbons (Fsp3) is 0.0500. The molecule has 2 aromatic heterocycles. The van der Waals surface area contributed by atoms with Crippen molar-refractivity contribution in [3.8, 4) is 17.1 Å². The summed E-state index contributed by atoms with van der Waals surface area (Å²) < 4.78 is 29.4. The van der Waals surface area contributed by atoms with Gasteiger partial charge in [-0.05, 0) is 36.4 Å². The van der Waals surface area contributed by atoms with Crippen LogP contribution in [-0.2, 0) is 0 Å². The molecule has 0 amide bonds. The van der Waals surface area contributed by atoms with Crippen LogP contribution in [0.25, 0.3) is 22.3 Å². The lowest BCUT2D eigenvalue weighted by atomic mass is 10.2. The van der Waals surface area contributed by atoms with Gasteiger partial charge in [-0.1, -0.05) is 23.7 Å². The first kappa shape index (κ1) is 18.1. The van der Waals surface area contributed by atoms with E-state index >= 15 is 0 Å². The summed E-state index contributed by atoms with van der Waals surface area (Å²) in [4.78, 5) is 13.2. The summed E-state index contributed by atoms with van der Waals surface area (Å²) in [5.74, 6) is 0.973. The number of hydrogen-bond acceptors (Lipinski definition) is 5. The van der Waals surface area contributed by atoms with Gasteiger partial charge in [0.1, 0.15) is 11.6 Å². The predicted molar refractivity (Wildman–Crippen MR) is 104 cm³/mol. The monoisotopic (exact) mass is 398 g/mol. The number of nitrogens with zero attached hydrogens (tertiary/aromatic N) is 3. The summed E-state index contributed by atoms with van der Waals surface area (Å²) in [5.41, 5.74) is 1.83. The van der Waals surface area contributed by atoms with Crippen molar-refractivity contribution in [2.24, 2.45) is 0 Å². The molecule has 0 atom stereocenters. The third-order valence-electron chi connectivity index (χ3n) is 3.92. The molecule has 0 bridgehead atoms. The van der Waals surface area contributed by atoms with Crippen LogP contribution in [0, 0.1) is 0 Å². The fourth-order valence-electron chi connectivity index (χ4n) is 2.72. The Hall–Kier alpha value is -3.32. The Morgan fingerprint density at radius 2 is 1.86 bits per heavy atom. The smallest absolute Gasteiger partial charge is 0.387 e. The van der Waals surface area contributed by atoms with E-state index in [0.29, 0.717) is 33.3 Å². The van der Waals surface area contributed by atoms with E-state index in [1.165, 1.54) is 12.1 Å². The number of ether oxygens (including phenoxy) is 1. The van der Waals surface area contributed by atoms with Gasteiger partial charge in [-0.25, -0.2) is 9.97 Å². The molecule has 0 spiro atoms. The first-order valence-electron chi connectivity index (χ1n) is 8.29. The summed E-state index contributed by atoms with van der Waals surface area (Å²) in [5, 5.41) is 4.31. The van der Waals surface area contributed by atoms with E-state index in [4.69, 9.17) is 11.6 Å². The summed E-state index contributed by atoms with van der Waals surface area (Å²) in [6.07, 6.45) is 3.31. The maximum Gasteiger partial charge on any atom is 0.387 e. The number of pyridine rings is 1. The van der Waals surface area contributed by atoms with Crippen molar-refractivity contribution in [1.82, 2.24) is 15.0 Å². The van der Waals surface area contributed by atoms with Gasteiger partial charge in [-0.2, -0.15) is 8.78 Å². The molecule has 4 rings (SSSR count). The van der Waals surface area contributed by atoms with Crippen molar-refractivity contribution in [2.45, 2.75) is 6.61 Å². The molecule has 0 unspecified atom stereocenters. The van der Waals surface area contributed by atoms with E-state index in [0.717, 1.165) is 5.56 Å². The molecule has 1 N–H and O–H groups in total. The van der Waals surface area contributed by atoms with E-state index in [2.05, 4.69) is 25.0 Å². The highest BCUT2D eigenvalue weighted by molar-refractivity contribution is 6.35. The van der Waals surface area contributed by atoms with Gasteiger partial charge in [0.25, 0.3) is 0 Å². The number of alkyl halides is 2. The highest BCUT2D eigenvalue weighted by Gasteiger charge is 2.13.